The minimum absolute atomic E-state index is 0.277. The third-order valence-electron chi connectivity index (χ3n) is 3.09. The Hall–Kier alpha value is -0.780. The average Bonchev–Trinajstić information content (AvgIpc) is 2.90. The molecule has 0 saturated carbocycles. The highest BCUT2D eigenvalue weighted by molar-refractivity contribution is 14.1. The standard InChI is InChI=1S/C14H18INO2/c15-12-6-1-2-7-13(12)18-11-5-8-14(17)16-9-3-4-10-16/h1-2,6-7H,3-5,8-11H2. The number of carbonyl (C=O) groups is 1. The predicted molar refractivity (Wildman–Crippen MR) is 79.7 cm³/mol. The van der Waals surface area contributed by atoms with E-state index >= 15 is 0 Å². The molecule has 0 radical (unpaired) electrons. The Morgan fingerprint density at radius 1 is 1.28 bits per heavy atom. The molecule has 1 aliphatic rings. The Labute approximate surface area is 122 Å². The summed E-state index contributed by atoms with van der Waals surface area (Å²) in [6, 6.07) is 7.94. The van der Waals surface area contributed by atoms with Crippen molar-refractivity contribution in [3.8, 4) is 5.75 Å². The zero-order valence-corrected chi connectivity index (χ0v) is 12.6. The highest BCUT2D eigenvalue weighted by atomic mass is 127. The van der Waals surface area contributed by atoms with Crippen molar-refractivity contribution in [2.24, 2.45) is 0 Å². The first-order valence-corrected chi connectivity index (χ1v) is 7.50. The van der Waals surface area contributed by atoms with Crippen molar-refractivity contribution in [1.29, 1.82) is 0 Å². The molecular formula is C14H18INO2. The van der Waals surface area contributed by atoms with E-state index in [0.717, 1.165) is 41.7 Å². The quantitative estimate of drug-likeness (QED) is 0.597. The largest absolute Gasteiger partial charge is 0.492 e. The van der Waals surface area contributed by atoms with Gasteiger partial charge in [0.15, 0.2) is 0 Å². The van der Waals surface area contributed by atoms with Crippen LogP contribution in [-0.4, -0.2) is 30.5 Å². The van der Waals surface area contributed by atoms with E-state index in [4.69, 9.17) is 4.74 Å². The number of para-hydroxylation sites is 1. The Morgan fingerprint density at radius 2 is 2.00 bits per heavy atom. The van der Waals surface area contributed by atoms with Crippen LogP contribution in [0.2, 0.25) is 0 Å². The fourth-order valence-corrected chi connectivity index (χ4v) is 2.64. The van der Waals surface area contributed by atoms with Gasteiger partial charge in [0.25, 0.3) is 0 Å². The van der Waals surface area contributed by atoms with Gasteiger partial charge in [0.2, 0.25) is 5.91 Å². The maximum Gasteiger partial charge on any atom is 0.222 e. The maximum absolute atomic E-state index is 11.8. The molecule has 4 heteroatoms. The first-order valence-electron chi connectivity index (χ1n) is 6.42. The monoisotopic (exact) mass is 359 g/mol. The maximum atomic E-state index is 11.8. The second-order valence-corrected chi connectivity index (χ2v) is 5.63. The summed E-state index contributed by atoms with van der Waals surface area (Å²) in [5.41, 5.74) is 0. The van der Waals surface area contributed by atoms with Gasteiger partial charge >= 0.3 is 0 Å². The van der Waals surface area contributed by atoms with E-state index < -0.39 is 0 Å². The molecule has 0 aromatic heterocycles. The van der Waals surface area contributed by atoms with Gasteiger partial charge in [-0.05, 0) is 54.0 Å². The van der Waals surface area contributed by atoms with Crippen LogP contribution in [0.1, 0.15) is 25.7 Å². The second-order valence-electron chi connectivity index (χ2n) is 4.47. The summed E-state index contributed by atoms with van der Waals surface area (Å²) in [6.07, 6.45) is 3.71. The Balaban J connectivity index is 1.67. The van der Waals surface area contributed by atoms with Gasteiger partial charge in [0.05, 0.1) is 10.2 Å². The van der Waals surface area contributed by atoms with Crippen molar-refractivity contribution < 1.29 is 9.53 Å². The fraction of sp³-hybridized carbons (Fsp3) is 0.500. The number of hydrogen-bond donors (Lipinski definition) is 0. The van der Waals surface area contributed by atoms with Crippen LogP contribution in [-0.2, 0) is 4.79 Å². The van der Waals surface area contributed by atoms with Gasteiger partial charge < -0.3 is 9.64 Å². The molecule has 1 aliphatic heterocycles. The summed E-state index contributed by atoms with van der Waals surface area (Å²) in [4.78, 5) is 13.8. The van der Waals surface area contributed by atoms with Crippen molar-refractivity contribution in [2.75, 3.05) is 19.7 Å². The Bertz CT molecular complexity index is 403. The molecule has 0 bridgehead atoms. The molecule has 98 valence electrons. The minimum atomic E-state index is 0.277. The van der Waals surface area contributed by atoms with Crippen LogP contribution < -0.4 is 4.74 Å². The van der Waals surface area contributed by atoms with Crippen molar-refractivity contribution in [1.82, 2.24) is 4.90 Å². The number of halogens is 1. The topological polar surface area (TPSA) is 29.5 Å². The first kappa shape index (κ1) is 13.6. The van der Waals surface area contributed by atoms with Crippen molar-refractivity contribution in [3.63, 3.8) is 0 Å². The lowest BCUT2D eigenvalue weighted by Crippen LogP contribution is -2.27. The van der Waals surface area contributed by atoms with Crippen LogP contribution >= 0.6 is 22.6 Å². The smallest absolute Gasteiger partial charge is 0.222 e. The number of amides is 1. The number of hydrogen-bond acceptors (Lipinski definition) is 2. The summed E-state index contributed by atoms with van der Waals surface area (Å²) in [5, 5.41) is 0. The molecule has 2 rings (SSSR count). The third-order valence-corrected chi connectivity index (χ3v) is 3.98. The lowest BCUT2D eigenvalue weighted by molar-refractivity contribution is -0.130. The first-order chi connectivity index (χ1) is 8.77. The zero-order chi connectivity index (χ0) is 12.8. The van der Waals surface area contributed by atoms with Gasteiger partial charge in [-0.2, -0.15) is 0 Å². The fourth-order valence-electron chi connectivity index (χ4n) is 2.09. The van der Waals surface area contributed by atoms with E-state index in [0.29, 0.717) is 13.0 Å². The van der Waals surface area contributed by atoms with Gasteiger partial charge in [-0.25, -0.2) is 0 Å². The SMILES string of the molecule is O=C(CCCOc1ccccc1I)N1CCCC1. The molecule has 1 aromatic rings. The van der Waals surface area contributed by atoms with Crippen molar-refractivity contribution >= 4 is 28.5 Å². The number of benzene rings is 1. The van der Waals surface area contributed by atoms with Crippen LogP contribution in [0.25, 0.3) is 0 Å². The third kappa shape index (κ3) is 3.86. The van der Waals surface area contributed by atoms with Crippen molar-refractivity contribution in [2.45, 2.75) is 25.7 Å². The Kier molecular flexibility index (Phi) is 5.28. The highest BCUT2D eigenvalue weighted by Gasteiger charge is 2.16. The van der Waals surface area contributed by atoms with E-state index in [1.807, 2.05) is 29.2 Å². The minimum Gasteiger partial charge on any atom is -0.492 e. The average molecular weight is 359 g/mol. The van der Waals surface area contributed by atoms with Crippen LogP contribution in [0.3, 0.4) is 0 Å². The number of carbonyl (C=O) groups excluding carboxylic acids is 1. The molecule has 1 saturated heterocycles. The normalized spacial score (nSPS) is 14.8. The van der Waals surface area contributed by atoms with Crippen molar-refractivity contribution in [3.05, 3.63) is 27.8 Å². The molecule has 1 aromatic carbocycles. The van der Waals surface area contributed by atoms with Crippen LogP contribution in [0.5, 0.6) is 5.75 Å². The van der Waals surface area contributed by atoms with Crippen LogP contribution in [0.4, 0.5) is 0 Å². The molecule has 0 N–H and O–H groups in total. The van der Waals surface area contributed by atoms with E-state index in [1.54, 1.807) is 0 Å². The summed E-state index contributed by atoms with van der Waals surface area (Å²) in [6.45, 7) is 2.49. The van der Waals surface area contributed by atoms with Crippen LogP contribution in [0, 0.1) is 3.57 Å². The Morgan fingerprint density at radius 3 is 2.72 bits per heavy atom. The summed E-state index contributed by atoms with van der Waals surface area (Å²) >= 11 is 2.26. The highest BCUT2D eigenvalue weighted by Crippen LogP contribution is 2.20. The van der Waals surface area contributed by atoms with E-state index in [2.05, 4.69) is 22.6 Å². The van der Waals surface area contributed by atoms with Gasteiger partial charge in [0.1, 0.15) is 5.75 Å². The molecule has 1 heterocycles. The molecule has 0 atom stereocenters. The van der Waals surface area contributed by atoms with Gasteiger partial charge in [-0.3, -0.25) is 4.79 Å². The molecule has 0 aliphatic carbocycles. The number of nitrogens with zero attached hydrogens (tertiary/aromatic N) is 1. The van der Waals surface area contributed by atoms with E-state index in [1.165, 1.54) is 0 Å². The van der Waals surface area contributed by atoms with E-state index in [-0.39, 0.29) is 5.91 Å². The summed E-state index contributed by atoms with van der Waals surface area (Å²) in [5.74, 6) is 1.19. The lowest BCUT2D eigenvalue weighted by Gasteiger charge is -2.15. The molecule has 0 spiro atoms. The number of ether oxygens (including phenoxy) is 1. The van der Waals surface area contributed by atoms with E-state index in [9.17, 15) is 4.79 Å². The predicted octanol–water partition coefficient (Wildman–Crippen LogP) is 3.07. The van der Waals surface area contributed by atoms with Gasteiger partial charge in [0, 0.05) is 19.5 Å². The molecule has 18 heavy (non-hydrogen) atoms. The van der Waals surface area contributed by atoms with Gasteiger partial charge in [-0.1, -0.05) is 12.1 Å². The molecule has 0 unspecified atom stereocenters. The molecule has 1 amide bonds. The number of likely N-dealkylation sites (tertiary alicyclic amines) is 1. The van der Waals surface area contributed by atoms with Crippen LogP contribution in [0.15, 0.2) is 24.3 Å². The lowest BCUT2D eigenvalue weighted by atomic mass is 10.3. The molecule has 3 nitrogen and oxygen atoms in total. The molecule has 1 fully saturated rings. The second kappa shape index (κ2) is 6.97. The van der Waals surface area contributed by atoms with Gasteiger partial charge in [-0.15, -0.1) is 0 Å². The zero-order valence-electron chi connectivity index (χ0n) is 10.4. The summed E-state index contributed by atoms with van der Waals surface area (Å²) < 4.78 is 6.78. The summed E-state index contributed by atoms with van der Waals surface area (Å²) in [7, 11) is 0. The molecular weight excluding hydrogens is 341 g/mol. The number of rotatable bonds is 5.